The summed E-state index contributed by atoms with van der Waals surface area (Å²) in [4.78, 5) is 8.91. The van der Waals surface area contributed by atoms with E-state index in [1.165, 1.54) is 70.6 Å². The van der Waals surface area contributed by atoms with Gasteiger partial charge in [0.05, 0.1) is 6.61 Å². The maximum absolute atomic E-state index is 10.9. The number of benzene rings is 1. The molecule has 2 atom stereocenters. The highest BCUT2D eigenvalue weighted by Crippen LogP contribution is 2.35. The molecule has 0 heterocycles. The molecule has 1 aromatic rings. The van der Waals surface area contributed by atoms with E-state index < -0.39 is 13.9 Å². The van der Waals surface area contributed by atoms with E-state index in [0.29, 0.717) is 12.2 Å². The van der Waals surface area contributed by atoms with Crippen molar-refractivity contribution in [1.29, 1.82) is 0 Å². The van der Waals surface area contributed by atoms with Gasteiger partial charge in [0.2, 0.25) is 0 Å². The monoisotopic (exact) mass is 383 g/mol. The van der Waals surface area contributed by atoms with Crippen LogP contribution in [0.4, 0.5) is 0 Å². The molecule has 5 heteroatoms. The molecular formula is C21H36O4P+. The van der Waals surface area contributed by atoms with Crippen molar-refractivity contribution in [1.82, 2.24) is 0 Å². The number of hydrogen-bond donors (Lipinski definition) is 2. The Hall–Kier alpha value is -0.960. The maximum atomic E-state index is 10.9. The zero-order valence-corrected chi connectivity index (χ0v) is 17.1. The summed E-state index contributed by atoms with van der Waals surface area (Å²) in [6.45, 7) is 2.95. The summed E-state index contributed by atoms with van der Waals surface area (Å²) in [5, 5.41) is 9.51. The second kappa shape index (κ2) is 15.1. The molecule has 1 aromatic carbocycles. The van der Waals surface area contributed by atoms with E-state index in [1.54, 1.807) is 24.3 Å². The van der Waals surface area contributed by atoms with E-state index in [4.69, 9.17) is 9.63 Å². The first kappa shape index (κ1) is 23.1. The summed E-state index contributed by atoms with van der Waals surface area (Å²) < 4.78 is 16.5. The number of aliphatic hydroxyl groups excluding tert-OH is 1. The van der Waals surface area contributed by atoms with Gasteiger partial charge >= 0.3 is 13.9 Å². The first-order valence-electron chi connectivity index (χ1n) is 10.2. The van der Waals surface area contributed by atoms with Crippen molar-refractivity contribution in [3.05, 3.63) is 29.8 Å². The summed E-state index contributed by atoms with van der Waals surface area (Å²) >= 11 is 0. The van der Waals surface area contributed by atoms with Crippen LogP contribution in [0.1, 0.15) is 95.4 Å². The van der Waals surface area contributed by atoms with E-state index >= 15 is 0 Å². The summed E-state index contributed by atoms with van der Waals surface area (Å²) in [7, 11) is -2.61. The van der Waals surface area contributed by atoms with Crippen LogP contribution in [0.2, 0.25) is 0 Å². The second-order valence-electron chi connectivity index (χ2n) is 6.98. The molecule has 0 saturated carbocycles. The normalized spacial score (nSPS) is 12.8. The molecule has 1 rings (SSSR count). The van der Waals surface area contributed by atoms with Gasteiger partial charge in [-0.25, -0.2) is 0 Å². The van der Waals surface area contributed by atoms with Crippen molar-refractivity contribution in [3.8, 4) is 5.75 Å². The molecule has 0 aliphatic rings. The van der Waals surface area contributed by atoms with E-state index in [1.807, 2.05) is 0 Å². The number of ether oxygens (including phenoxy) is 1. The van der Waals surface area contributed by atoms with Crippen LogP contribution in [0, 0.1) is 0 Å². The van der Waals surface area contributed by atoms with Crippen LogP contribution in [0.5, 0.6) is 5.75 Å². The Balaban J connectivity index is 1.95. The van der Waals surface area contributed by atoms with Crippen LogP contribution in [0.15, 0.2) is 24.3 Å². The smallest absolute Gasteiger partial charge is 0.494 e. The number of hydrogen-bond acceptors (Lipinski definition) is 3. The van der Waals surface area contributed by atoms with E-state index in [2.05, 4.69) is 6.92 Å². The van der Waals surface area contributed by atoms with Gasteiger partial charge in [0.25, 0.3) is 0 Å². The van der Waals surface area contributed by atoms with Crippen molar-refractivity contribution in [2.24, 2.45) is 0 Å². The van der Waals surface area contributed by atoms with Gasteiger partial charge in [-0.05, 0) is 35.3 Å². The SMILES string of the molecule is CCCCCCCCCCCCCCOc1ccc(C(O)[P+](=O)O)cc1. The molecule has 0 amide bonds. The quantitative estimate of drug-likeness (QED) is 0.253. The lowest BCUT2D eigenvalue weighted by molar-refractivity contribution is 0.243. The molecule has 0 saturated heterocycles. The van der Waals surface area contributed by atoms with Crippen LogP contribution in [-0.2, 0) is 4.57 Å². The van der Waals surface area contributed by atoms with Crippen molar-refractivity contribution >= 4 is 8.03 Å². The maximum Gasteiger partial charge on any atom is 0.542 e. The first-order valence-corrected chi connectivity index (χ1v) is 11.5. The molecule has 4 nitrogen and oxygen atoms in total. The fourth-order valence-electron chi connectivity index (χ4n) is 3.00. The third kappa shape index (κ3) is 10.9. The van der Waals surface area contributed by atoms with Crippen LogP contribution in [0.25, 0.3) is 0 Å². The molecule has 0 aliphatic heterocycles. The van der Waals surface area contributed by atoms with Gasteiger partial charge < -0.3 is 9.84 Å². The highest BCUT2D eigenvalue weighted by molar-refractivity contribution is 7.38. The van der Waals surface area contributed by atoms with Gasteiger partial charge in [-0.2, -0.15) is 4.89 Å². The van der Waals surface area contributed by atoms with Crippen LogP contribution < -0.4 is 4.74 Å². The van der Waals surface area contributed by atoms with Crippen LogP contribution in [0.3, 0.4) is 0 Å². The second-order valence-corrected chi connectivity index (χ2v) is 8.08. The summed E-state index contributed by atoms with van der Waals surface area (Å²) in [6, 6.07) is 6.73. The van der Waals surface area contributed by atoms with Crippen LogP contribution >= 0.6 is 8.03 Å². The molecule has 0 radical (unpaired) electrons. The summed E-state index contributed by atoms with van der Waals surface area (Å²) in [6.07, 6.45) is 15.9. The minimum Gasteiger partial charge on any atom is -0.494 e. The van der Waals surface area contributed by atoms with Crippen molar-refractivity contribution in [2.75, 3.05) is 6.61 Å². The van der Waals surface area contributed by atoms with Gasteiger partial charge in [-0.1, -0.05) is 77.6 Å². The van der Waals surface area contributed by atoms with Gasteiger partial charge in [-0.15, -0.1) is 0 Å². The Morgan fingerprint density at radius 2 is 1.31 bits per heavy atom. The van der Waals surface area contributed by atoms with Crippen molar-refractivity contribution in [3.63, 3.8) is 0 Å². The standard InChI is InChI=1S/C21H35O4P/c1-2-3-4-5-6-7-8-9-10-11-12-13-18-25-20-16-14-19(15-17-20)21(22)26(23)24/h14-17,21-22H,2-13,18H2,1H3/p+1. The molecule has 0 bridgehead atoms. The molecular weight excluding hydrogens is 347 g/mol. The third-order valence-corrected chi connectivity index (χ3v) is 5.37. The summed E-state index contributed by atoms with van der Waals surface area (Å²) in [5.41, 5.74) is 0.436. The lowest BCUT2D eigenvalue weighted by Gasteiger charge is -2.07. The van der Waals surface area contributed by atoms with E-state index in [-0.39, 0.29) is 0 Å². The Morgan fingerprint density at radius 3 is 1.77 bits per heavy atom. The number of aliphatic hydroxyl groups is 1. The minimum absolute atomic E-state index is 0.436. The lowest BCUT2D eigenvalue weighted by Crippen LogP contribution is -1.98. The topological polar surface area (TPSA) is 66.8 Å². The predicted octanol–water partition coefficient (Wildman–Crippen LogP) is 6.49. The molecule has 2 unspecified atom stereocenters. The molecule has 26 heavy (non-hydrogen) atoms. The van der Waals surface area contributed by atoms with Crippen molar-refractivity contribution < 1.29 is 19.3 Å². The average molecular weight is 383 g/mol. The summed E-state index contributed by atoms with van der Waals surface area (Å²) in [5.74, 6) is -0.590. The Kier molecular flexibility index (Phi) is 13.4. The van der Waals surface area contributed by atoms with E-state index in [0.717, 1.165) is 12.2 Å². The molecule has 0 fully saturated rings. The molecule has 0 aliphatic carbocycles. The highest BCUT2D eigenvalue weighted by Gasteiger charge is 2.27. The molecule has 0 aromatic heterocycles. The lowest BCUT2D eigenvalue weighted by atomic mass is 10.1. The van der Waals surface area contributed by atoms with Gasteiger partial charge in [0.15, 0.2) is 0 Å². The fraction of sp³-hybridized carbons (Fsp3) is 0.714. The van der Waals surface area contributed by atoms with Gasteiger partial charge in [0, 0.05) is 5.56 Å². The Bertz CT molecular complexity index is 475. The Morgan fingerprint density at radius 1 is 0.846 bits per heavy atom. The van der Waals surface area contributed by atoms with Crippen molar-refractivity contribution in [2.45, 2.75) is 89.8 Å². The minimum atomic E-state index is -2.61. The third-order valence-electron chi connectivity index (χ3n) is 4.65. The largest absolute Gasteiger partial charge is 0.542 e. The van der Waals surface area contributed by atoms with Gasteiger partial charge in [-0.3, -0.25) is 0 Å². The highest BCUT2D eigenvalue weighted by atomic mass is 31.1. The first-order chi connectivity index (χ1) is 12.6. The molecule has 2 N–H and O–H groups in total. The fourth-order valence-corrected chi connectivity index (χ4v) is 3.42. The van der Waals surface area contributed by atoms with Gasteiger partial charge in [0.1, 0.15) is 5.75 Å². The van der Waals surface area contributed by atoms with E-state index in [9.17, 15) is 9.67 Å². The zero-order chi connectivity index (χ0) is 19.0. The zero-order valence-electron chi connectivity index (χ0n) is 16.2. The number of unbranched alkanes of at least 4 members (excludes halogenated alkanes) is 11. The molecule has 148 valence electrons. The van der Waals surface area contributed by atoms with Crippen LogP contribution in [-0.4, -0.2) is 16.6 Å². The Labute approximate surface area is 159 Å². The average Bonchev–Trinajstić information content (AvgIpc) is 2.65. The predicted molar refractivity (Wildman–Crippen MR) is 108 cm³/mol. The number of rotatable bonds is 16. The molecule has 0 spiro atoms.